The van der Waals surface area contributed by atoms with Gasteiger partial charge in [-0.2, -0.15) is 0 Å². The number of aromatic hydroxyl groups is 2. The van der Waals surface area contributed by atoms with Crippen LogP contribution in [0.1, 0.15) is 26.7 Å². The van der Waals surface area contributed by atoms with Crippen molar-refractivity contribution in [1.82, 2.24) is 0 Å². The molecule has 0 aliphatic carbocycles. The van der Waals surface area contributed by atoms with Crippen molar-refractivity contribution in [1.29, 1.82) is 0 Å². The van der Waals surface area contributed by atoms with Crippen LogP contribution in [0.25, 0.3) is 0 Å². The summed E-state index contributed by atoms with van der Waals surface area (Å²) in [5.41, 5.74) is 0.0178. The monoisotopic (exact) mass is 261 g/mol. The molecular formula is C13H9O6-. The molecule has 19 heavy (non-hydrogen) atoms. The van der Waals surface area contributed by atoms with Crippen LogP contribution in [0, 0.1) is 0 Å². The zero-order valence-corrected chi connectivity index (χ0v) is 9.62. The standard InChI is InChI=1S/C13H10O6/c14-7-1-3-9(10(15)5-7)11(16)6-8-2-4-12(19-8)13(17)18/h1-5,14-15H,6H2,(H,17,18)/p-1. The number of phenolic OH excluding ortho intramolecular Hbond substituents is 2. The maximum Gasteiger partial charge on any atom is 0.174 e. The molecule has 0 bridgehead atoms. The number of carbonyl (C=O) groups is 2. The van der Waals surface area contributed by atoms with E-state index in [1.54, 1.807) is 0 Å². The summed E-state index contributed by atoms with van der Waals surface area (Å²) in [5.74, 6) is -2.65. The highest BCUT2D eigenvalue weighted by Crippen LogP contribution is 2.24. The van der Waals surface area contributed by atoms with E-state index in [0.29, 0.717) is 0 Å². The molecule has 0 amide bonds. The lowest BCUT2D eigenvalue weighted by atomic mass is 10.1. The number of aromatic carboxylic acids is 1. The third-order valence-electron chi connectivity index (χ3n) is 2.48. The van der Waals surface area contributed by atoms with E-state index in [1.165, 1.54) is 24.3 Å². The molecule has 1 aromatic heterocycles. The zero-order valence-electron chi connectivity index (χ0n) is 9.62. The summed E-state index contributed by atoms with van der Waals surface area (Å²) in [4.78, 5) is 22.4. The van der Waals surface area contributed by atoms with E-state index in [0.717, 1.165) is 6.07 Å². The minimum absolute atomic E-state index is 0.0178. The summed E-state index contributed by atoms with van der Waals surface area (Å²) in [6.45, 7) is 0. The van der Waals surface area contributed by atoms with Crippen molar-refractivity contribution in [3.05, 3.63) is 47.4 Å². The molecule has 0 aliphatic heterocycles. The van der Waals surface area contributed by atoms with Crippen molar-refractivity contribution in [2.75, 3.05) is 0 Å². The molecule has 0 radical (unpaired) electrons. The number of hydrogen-bond acceptors (Lipinski definition) is 6. The van der Waals surface area contributed by atoms with Crippen molar-refractivity contribution in [3.63, 3.8) is 0 Å². The zero-order chi connectivity index (χ0) is 14.0. The van der Waals surface area contributed by atoms with E-state index < -0.39 is 11.8 Å². The summed E-state index contributed by atoms with van der Waals surface area (Å²) < 4.78 is 4.89. The first-order chi connectivity index (χ1) is 8.97. The number of hydrogen-bond donors (Lipinski definition) is 2. The Labute approximate surface area is 107 Å². The quantitative estimate of drug-likeness (QED) is 0.774. The number of carboxylic acids is 1. The molecule has 6 nitrogen and oxygen atoms in total. The number of carboxylic acid groups (broad SMARTS) is 1. The molecule has 2 N–H and O–H groups in total. The molecule has 0 fully saturated rings. The lowest BCUT2D eigenvalue weighted by molar-refractivity contribution is -0.257. The molecule has 0 atom stereocenters. The molecule has 6 heteroatoms. The summed E-state index contributed by atoms with van der Waals surface area (Å²) in [7, 11) is 0. The van der Waals surface area contributed by atoms with Crippen LogP contribution in [0.5, 0.6) is 11.5 Å². The number of benzene rings is 1. The molecule has 2 aromatic rings. The average Bonchev–Trinajstić information content (AvgIpc) is 2.77. The molecule has 0 saturated carbocycles. The van der Waals surface area contributed by atoms with Gasteiger partial charge < -0.3 is 24.5 Å². The van der Waals surface area contributed by atoms with Gasteiger partial charge in [0.05, 0.1) is 12.0 Å². The Hall–Kier alpha value is -2.76. The highest BCUT2D eigenvalue weighted by atomic mass is 16.4. The Balaban J connectivity index is 2.18. The predicted molar refractivity (Wildman–Crippen MR) is 60.8 cm³/mol. The van der Waals surface area contributed by atoms with Gasteiger partial charge in [-0.1, -0.05) is 0 Å². The number of Topliss-reactive ketones (excluding diaryl/α,β-unsaturated/α-hetero) is 1. The van der Waals surface area contributed by atoms with Gasteiger partial charge in [0.2, 0.25) is 0 Å². The van der Waals surface area contributed by atoms with Crippen molar-refractivity contribution < 1.29 is 29.3 Å². The summed E-state index contributed by atoms with van der Waals surface area (Å²) in [5, 5.41) is 29.1. The van der Waals surface area contributed by atoms with Crippen LogP contribution in [0.4, 0.5) is 0 Å². The second-order valence-corrected chi connectivity index (χ2v) is 3.85. The fourth-order valence-electron chi connectivity index (χ4n) is 1.59. The van der Waals surface area contributed by atoms with Gasteiger partial charge in [-0.05, 0) is 24.3 Å². The van der Waals surface area contributed by atoms with Crippen molar-refractivity contribution in [3.8, 4) is 11.5 Å². The molecule has 98 valence electrons. The highest BCUT2D eigenvalue weighted by Gasteiger charge is 2.14. The number of furan rings is 1. The van der Waals surface area contributed by atoms with Crippen LogP contribution in [0.2, 0.25) is 0 Å². The lowest BCUT2D eigenvalue weighted by Gasteiger charge is -2.03. The van der Waals surface area contributed by atoms with E-state index in [1.807, 2.05) is 0 Å². The van der Waals surface area contributed by atoms with E-state index in [9.17, 15) is 19.8 Å². The fourth-order valence-corrected chi connectivity index (χ4v) is 1.59. The van der Waals surface area contributed by atoms with Crippen LogP contribution in [-0.2, 0) is 6.42 Å². The normalized spacial score (nSPS) is 10.3. The Kier molecular flexibility index (Phi) is 3.24. The number of rotatable bonds is 4. The average molecular weight is 261 g/mol. The Bertz CT molecular complexity index is 640. The fraction of sp³-hybridized carbons (Fsp3) is 0.0769. The Morgan fingerprint density at radius 2 is 1.89 bits per heavy atom. The predicted octanol–water partition coefficient (Wildman–Crippen LogP) is 0.480. The third kappa shape index (κ3) is 2.74. The number of phenols is 2. The van der Waals surface area contributed by atoms with Gasteiger partial charge in [-0.25, -0.2) is 0 Å². The van der Waals surface area contributed by atoms with E-state index in [-0.39, 0.29) is 35.0 Å². The molecule has 1 aromatic carbocycles. The van der Waals surface area contributed by atoms with E-state index >= 15 is 0 Å². The summed E-state index contributed by atoms with van der Waals surface area (Å²) >= 11 is 0. The third-order valence-corrected chi connectivity index (χ3v) is 2.48. The van der Waals surface area contributed by atoms with Crippen LogP contribution < -0.4 is 5.11 Å². The first-order valence-corrected chi connectivity index (χ1v) is 5.32. The Morgan fingerprint density at radius 1 is 1.16 bits per heavy atom. The smallest absolute Gasteiger partial charge is 0.174 e. The summed E-state index contributed by atoms with van der Waals surface area (Å²) in [6, 6.07) is 6.12. The van der Waals surface area contributed by atoms with Gasteiger partial charge in [0.1, 0.15) is 29.0 Å². The molecular weight excluding hydrogens is 252 g/mol. The van der Waals surface area contributed by atoms with E-state index in [4.69, 9.17) is 9.52 Å². The first kappa shape index (κ1) is 12.7. The second-order valence-electron chi connectivity index (χ2n) is 3.85. The molecule has 0 aliphatic rings. The lowest BCUT2D eigenvalue weighted by Crippen LogP contribution is -2.21. The maximum atomic E-state index is 11.9. The van der Waals surface area contributed by atoms with Gasteiger partial charge in [-0.15, -0.1) is 0 Å². The van der Waals surface area contributed by atoms with Gasteiger partial charge in [0, 0.05) is 6.07 Å². The van der Waals surface area contributed by atoms with E-state index in [2.05, 4.69) is 0 Å². The minimum atomic E-state index is -1.47. The van der Waals surface area contributed by atoms with Crippen molar-refractivity contribution >= 4 is 11.8 Å². The molecule has 1 heterocycles. The molecule has 0 unspecified atom stereocenters. The van der Waals surface area contributed by atoms with Crippen LogP contribution in [0.3, 0.4) is 0 Å². The first-order valence-electron chi connectivity index (χ1n) is 5.32. The second kappa shape index (κ2) is 4.85. The SMILES string of the molecule is O=C([O-])c1ccc(CC(=O)c2ccc(O)cc2O)o1. The molecule has 0 saturated heterocycles. The van der Waals surface area contributed by atoms with Crippen molar-refractivity contribution in [2.24, 2.45) is 0 Å². The maximum absolute atomic E-state index is 11.9. The minimum Gasteiger partial charge on any atom is -0.542 e. The Morgan fingerprint density at radius 3 is 2.47 bits per heavy atom. The van der Waals surface area contributed by atoms with Gasteiger partial charge >= 0.3 is 0 Å². The number of ketones is 1. The highest BCUT2D eigenvalue weighted by molar-refractivity contribution is 5.99. The van der Waals surface area contributed by atoms with Crippen LogP contribution in [-0.4, -0.2) is 22.0 Å². The molecule has 0 spiro atoms. The molecule has 2 rings (SSSR count). The van der Waals surface area contributed by atoms with Gasteiger partial charge in [-0.3, -0.25) is 4.79 Å². The summed E-state index contributed by atoms with van der Waals surface area (Å²) in [6.07, 6.45) is -0.203. The van der Waals surface area contributed by atoms with Crippen LogP contribution in [0.15, 0.2) is 34.7 Å². The van der Waals surface area contributed by atoms with Crippen molar-refractivity contribution in [2.45, 2.75) is 6.42 Å². The number of carbonyl (C=O) groups excluding carboxylic acids is 2. The topological polar surface area (TPSA) is 111 Å². The van der Waals surface area contributed by atoms with Crippen LogP contribution >= 0.6 is 0 Å². The van der Waals surface area contributed by atoms with Gasteiger partial charge in [0.25, 0.3) is 0 Å². The van der Waals surface area contributed by atoms with Gasteiger partial charge in [0.15, 0.2) is 5.78 Å². The largest absolute Gasteiger partial charge is 0.542 e.